The molecule has 0 amide bonds. The molecule has 0 aliphatic carbocycles. The molecule has 1 aromatic carbocycles. The summed E-state index contributed by atoms with van der Waals surface area (Å²) in [4.78, 5) is 4.33. The van der Waals surface area contributed by atoms with Crippen molar-refractivity contribution in [1.29, 1.82) is 0 Å². The minimum atomic E-state index is -0.483. The molecule has 100 valence electrons. The number of anilines is 1. The van der Waals surface area contributed by atoms with Crippen molar-refractivity contribution in [3.63, 3.8) is 0 Å². The molecule has 2 N–H and O–H groups in total. The van der Waals surface area contributed by atoms with Crippen LogP contribution in [0.1, 0.15) is 24.6 Å². The lowest BCUT2D eigenvalue weighted by Gasteiger charge is -2.18. The summed E-state index contributed by atoms with van der Waals surface area (Å²) in [6.07, 6.45) is 1.75. The number of benzene rings is 1. The molecule has 5 nitrogen and oxygen atoms in total. The smallest absolute Gasteiger partial charge is 0.260 e. The largest absolute Gasteiger partial charge is 0.396 e. The second kappa shape index (κ2) is 4.97. The molecule has 2 heterocycles. The molecule has 0 saturated carbocycles. The molecule has 0 unspecified atom stereocenters. The van der Waals surface area contributed by atoms with Gasteiger partial charge in [-0.2, -0.15) is 4.98 Å². The van der Waals surface area contributed by atoms with Gasteiger partial charge in [0.2, 0.25) is 0 Å². The third-order valence-corrected chi connectivity index (χ3v) is 3.31. The molecule has 1 aliphatic heterocycles. The number of hydrogen-bond donors (Lipinski definition) is 1. The monoisotopic (exact) mass is 263 g/mol. The highest BCUT2D eigenvalue weighted by molar-refractivity contribution is 5.70. The topological polar surface area (TPSA) is 74.2 Å². The van der Waals surface area contributed by atoms with Crippen LogP contribution in [0.25, 0.3) is 11.5 Å². The SMILES string of the molecule is Nc1c(F)cccc1-c1nc(C2CCOCC2)no1. The summed E-state index contributed by atoms with van der Waals surface area (Å²) < 4.78 is 23.9. The molecule has 0 radical (unpaired) electrons. The number of nitrogens with two attached hydrogens (primary N) is 1. The van der Waals surface area contributed by atoms with Crippen LogP contribution in [0.3, 0.4) is 0 Å². The minimum absolute atomic E-state index is 0.0321. The number of hydrogen-bond acceptors (Lipinski definition) is 5. The summed E-state index contributed by atoms with van der Waals surface area (Å²) in [6.45, 7) is 1.41. The molecule has 6 heteroatoms. The van der Waals surface area contributed by atoms with Gasteiger partial charge in [-0.3, -0.25) is 0 Å². The van der Waals surface area contributed by atoms with E-state index in [-0.39, 0.29) is 17.5 Å². The molecule has 3 rings (SSSR count). The third-order valence-electron chi connectivity index (χ3n) is 3.31. The molecule has 19 heavy (non-hydrogen) atoms. The Hall–Kier alpha value is -1.95. The first-order valence-corrected chi connectivity index (χ1v) is 6.21. The van der Waals surface area contributed by atoms with Crippen molar-refractivity contribution in [3.05, 3.63) is 29.8 Å². The zero-order chi connectivity index (χ0) is 13.2. The van der Waals surface area contributed by atoms with E-state index in [1.807, 2.05) is 0 Å². The van der Waals surface area contributed by atoms with Gasteiger partial charge in [0.1, 0.15) is 5.82 Å². The van der Waals surface area contributed by atoms with Crippen molar-refractivity contribution in [2.75, 3.05) is 18.9 Å². The number of nitrogens with zero attached hydrogens (tertiary/aromatic N) is 2. The van der Waals surface area contributed by atoms with Crippen LogP contribution in [-0.4, -0.2) is 23.4 Å². The van der Waals surface area contributed by atoms with Crippen LogP contribution in [0, 0.1) is 5.82 Å². The first-order chi connectivity index (χ1) is 9.25. The second-order valence-corrected chi connectivity index (χ2v) is 4.55. The highest BCUT2D eigenvalue weighted by Crippen LogP contribution is 2.30. The lowest BCUT2D eigenvalue weighted by atomic mass is 10.00. The Morgan fingerprint density at radius 2 is 2.05 bits per heavy atom. The van der Waals surface area contributed by atoms with Crippen LogP contribution < -0.4 is 5.73 Å². The maximum Gasteiger partial charge on any atom is 0.260 e. The zero-order valence-electron chi connectivity index (χ0n) is 10.3. The molecule has 2 aromatic rings. The molecule has 1 aromatic heterocycles. The fraction of sp³-hybridized carbons (Fsp3) is 0.385. The van der Waals surface area contributed by atoms with Crippen molar-refractivity contribution in [2.45, 2.75) is 18.8 Å². The number of nitrogen functional groups attached to an aromatic ring is 1. The first-order valence-electron chi connectivity index (χ1n) is 6.21. The van der Waals surface area contributed by atoms with E-state index in [4.69, 9.17) is 15.0 Å². The van der Waals surface area contributed by atoms with E-state index in [1.165, 1.54) is 6.07 Å². The maximum atomic E-state index is 13.4. The molecule has 1 saturated heterocycles. The van der Waals surface area contributed by atoms with Crippen LogP contribution in [0.2, 0.25) is 0 Å². The summed E-state index contributed by atoms with van der Waals surface area (Å²) in [5.74, 6) is 0.657. The number of rotatable bonds is 2. The number of aromatic nitrogens is 2. The molecule has 0 bridgehead atoms. The number of ether oxygens (including phenoxy) is 1. The summed E-state index contributed by atoms with van der Waals surface area (Å²) in [5, 5.41) is 3.97. The van der Waals surface area contributed by atoms with Crippen LogP contribution in [0.4, 0.5) is 10.1 Å². The third kappa shape index (κ3) is 2.31. The Labute approximate surface area is 109 Å². The van der Waals surface area contributed by atoms with Gasteiger partial charge in [0.25, 0.3) is 5.89 Å². The molecular formula is C13H14FN3O2. The quantitative estimate of drug-likeness (QED) is 0.842. The van der Waals surface area contributed by atoms with Gasteiger partial charge in [-0.1, -0.05) is 11.2 Å². The first kappa shape index (κ1) is 12.1. The fourth-order valence-corrected chi connectivity index (χ4v) is 2.19. The molecule has 1 aliphatic rings. The van der Waals surface area contributed by atoms with Gasteiger partial charge in [-0.15, -0.1) is 0 Å². The Balaban J connectivity index is 1.90. The highest BCUT2D eigenvalue weighted by atomic mass is 19.1. The van der Waals surface area contributed by atoms with Gasteiger partial charge < -0.3 is 15.0 Å². The van der Waals surface area contributed by atoms with E-state index in [1.54, 1.807) is 12.1 Å². The number of halogens is 1. The molecule has 0 atom stereocenters. The van der Waals surface area contributed by atoms with Gasteiger partial charge in [-0.05, 0) is 25.0 Å². The van der Waals surface area contributed by atoms with Crippen LogP contribution in [-0.2, 0) is 4.74 Å². The normalized spacial score (nSPS) is 16.7. The average molecular weight is 263 g/mol. The zero-order valence-corrected chi connectivity index (χ0v) is 10.3. The van der Waals surface area contributed by atoms with E-state index in [0.717, 1.165) is 12.8 Å². The summed E-state index contributed by atoms with van der Waals surface area (Å²) >= 11 is 0. The van der Waals surface area contributed by atoms with Gasteiger partial charge in [0, 0.05) is 19.1 Å². The van der Waals surface area contributed by atoms with Crippen LogP contribution in [0.5, 0.6) is 0 Å². The van der Waals surface area contributed by atoms with Crippen LogP contribution >= 0.6 is 0 Å². The van der Waals surface area contributed by atoms with Crippen molar-refractivity contribution < 1.29 is 13.7 Å². The fourth-order valence-electron chi connectivity index (χ4n) is 2.19. The van der Waals surface area contributed by atoms with Gasteiger partial charge >= 0.3 is 0 Å². The minimum Gasteiger partial charge on any atom is -0.396 e. The van der Waals surface area contributed by atoms with Crippen molar-refractivity contribution in [3.8, 4) is 11.5 Å². The summed E-state index contributed by atoms with van der Waals surface area (Å²) in [7, 11) is 0. The van der Waals surface area contributed by atoms with E-state index >= 15 is 0 Å². The number of para-hydroxylation sites is 1. The highest BCUT2D eigenvalue weighted by Gasteiger charge is 2.22. The van der Waals surface area contributed by atoms with Gasteiger partial charge in [0.05, 0.1) is 11.3 Å². The Kier molecular flexibility index (Phi) is 3.16. The summed E-state index contributed by atoms with van der Waals surface area (Å²) in [5.41, 5.74) is 6.15. The maximum absolute atomic E-state index is 13.4. The van der Waals surface area contributed by atoms with Crippen molar-refractivity contribution >= 4 is 5.69 Å². The summed E-state index contributed by atoms with van der Waals surface area (Å²) in [6, 6.07) is 4.54. The standard InChI is InChI=1S/C13H14FN3O2/c14-10-3-1-2-9(11(10)15)13-16-12(17-19-13)8-4-6-18-7-5-8/h1-3,8H,4-7,15H2. The van der Waals surface area contributed by atoms with E-state index in [0.29, 0.717) is 24.6 Å². The Bertz CT molecular complexity index is 579. The van der Waals surface area contributed by atoms with E-state index in [9.17, 15) is 4.39 Å². The molecule has 1 fully saturated rings. The predicted molar refractivity (Wildman–Crippen MR) is 66.9 cm³/mol. The Morgan fingerprint density at radius 3 is 2.84 bits per heavy atom. The lowest BCUT2D eigenvalue weighted by molar-refractivity contribution is 0.0830. The molecular weight excluding hydrogens is 249 g/mol. The average Bonchev–Trinajstić information content (AvgIpc) is 2.92. The van der Waals surface area contributed by atoms with Gasteiger partial charge in [-0.25, -0.2) is 4.39 Å². The van der Waals surface area contributed by atoms with E-state index < -0.39 is 5.82 Å². The Morgan fingerprint density at radius 1 is 1.26 bits per heavy atom. The van der Waals surface area contributed by atoms with Crippen molar-refractivity contribution in [1.82, 2.24) is 10.1 Å². The van der Waals surface area contributed by atoms with E-state index in [2.05, 4.69) is 10.1 Å². The van der Waals surface area contributed by atoms with Gasteiger partial charge in [0.15, 0.2) is 5.82 Å². The van der Waals surface area contributed by atoms with Crippen molar-refractivity contribution in [2.24, 2.45) is 0 Å². The second-order valence-electron chi connectivity index (χ2n) is 4.55. The predicted octanol–water partition coefficient (Wildman–Crippen LogP) is 2.35. The molecule has 0 spiro atoms. The van der Waals surface area contributed by atoms with Crippen LogP contribution in [0.15, 0.2) is 22.7 Å². The lowest BCUT2D eigenvalue weighted by Crippen LogP contribution is -2.15.